The molecule has 9 nitrogen and oxygen atoms in total. The first-order valence-electron chi connectivity index (χ1n) is 31.9. The molecule has 93 heavy (non-hydrogen) atoms. The van der Waals surface area contributed by atoms with E-state index in [0.29, 0.717) is 57.3 Å². The van der Waals surface area contributed by atoms with E-state index < -0.39 is 0 Å². The zero-order valence-corrected chi connectivity index (χ0v) is 52.2. The van der Waals surface area contributed by atoms with Gasteiger partial charge in [0.2, 0.25) is 0 Å². The van der Waals surface area contributed by atoms with Crippen LogP contribution in [-0.2, 0) is 10.8 Å². The molecule has 4 aliphatic heterocycles. The summed E-state index contributed by atoms with van der Waals surface area (Å²) in [5.41, 5.74) is 19.0. The molecular formula is C82H60B2N4O5. The van der Waals surface area contributed by atoms with Crippen molar-refractivity contribution in [2.75, 3.05) is 0 Å². The third-order valence-electron chi connectivity index (χ3n) is 19.0. The van der Waals surface area contributed by atoms with Gasteiger partial charge in [-0.25, -0.2) is 9.97 Å². The average Bonchev–Trinajstić information content (AvgIpc) is 1.57. The fourth-order valence-electron chi connectivity index (χ4n) is 14.5. The van der Waals surface area contributed by atoms with Crippen LogP contribution in [0, 0.1) is 0 Å². The van der Waals surface area contributed by atoms with Gasteiger partial charge in [0.1, 0.15) is 46.1 Å². The fourth-order valence-corrected chi connectivity index (χ4v) is 14.5. The molecule has 11 heteroatoms. The van der Waals surface area contributed by atoms with Crippen molar-refractivity contribution in [3.8, 4) is 114 Å². The maximum Gasteiger partial charge on any atom is 0.260 e. The molecule has 0 spiro atoms. The summed E-state index contributed by atoms with van der Waals surface area (Å²) in [4.78, 5) is 11.3. The second kappa shape index (κ2) is 20.6. The molecule has 0 saturated carbocycles. The smallest absolute Gasteiger partial charge is 0.260 e. The third kappa shape index (κ3) is 8.63. The predicted octanol–water partition coefficient (Wildman–Crippen LogP) is 16.9. The van der Waals surface area contributed by atoms with Gasteiger partial charge in [-0.2, -0.15) is 0 Å². The Morgan fingerprint density at radius 1 is 0.333 bits per heavy atom. The van der Waals surface area contributed by atoms with Crippen molar-refractivity contribution in [2.45, 2.75) is 52.4 Å². The molecule has 0 fully saturated rings. The Kier molecular flexibility index (Phi) is 12.1. The van der Waals surface area contributed by atoms with Crippen molar-refractivity contribution in [1.29, 1.82) is 0 Å². The van der Waals surface area contributed by atoms with E-state index in [9.17, 15) is 0 Å². The molecule has 12 aromatic carbocycles. The van der Waals surface area contributed by atoms with Crippen LogP contribution in [-0.4, -0.2) is 32.5 Å². The molecule has 0 N–H and O–H groups in total. The Labute approximate surface area is 540 Å². The maximum atomic E-state index is 7.95. The minimum absolute atomic E-state index is 0.129. The summed E-state index contributed by atoms with van der Waals surface area (Å²) in [5.74, 6) is 7.45. The Bertz CT molecular complexity index is 5070. The maximum absolute atomic E-state index is 7.95. The highest BCUT2D eigenvalue weighted by Crippen LogP contribution is 2.53. The van der Waals surface area contributed by atoms with Gasteiger partial charge in [-0.05, 0) is 140 Å². The monoisotopic (exact) mass is 1200 g/mol. The van der Waals surface area contributed by atoms with Gasteiger partial charge in [-0.15, -0.1) is 0 Å². The summed E-state index contributed by atoms with van der Waals surface area (Å²) in [5, 5.41) is 0. The number of benzene rings is 12. The molecule has 444 valence electrons. The minimum Gasteiger partial charge on any atom is -0.458 e. The normalized spacial score (nSPS) is 13.1. The molecular weight excluding hydrogens is 1140 g/mol. The van der Waals surface area contributed by atoms with Crippen molar-refractivity contribution in [3.05, 3.63) is 266 Å². The van der Waals surface area contributed by atoms with Gasteiger partial charge >= 0.3 is 0 Å². The van der Waals surface area contributed by atoms with E-state index in [1.807, 2.05) is 48.5 Å². The van der Waals surface area contributed by atoms with E-state index in [2.05, 4.69) is 257 Å². The lowest BCUT2D eigenvalue weighted by atomic mass is 9.34. The summed E-state index contributed by atoms with van der Waals surface area (Å²) in [7, 11) is 0. The zero-order valence-electron chi connectivity index (χ0n) is 52.2. The van der Waals surface area contributed by atoms with Crippen LogP contribution in [0.5, 0.6) is 57.5 Å². The SMILES string of the molecule is CC(C)(C)c1ccc(-n2c(-c3cc(Oc4cc(-c5nc6ccccc6n5-c5ccc(C(C)(C)C)cc5-c5ccccc5)c5c6c4Oc4ccccc4B6c4ccccc4O5)c4c5c3Oc3ccccc3B5c3ccccc3O4)nc3ccccc32)c(-c2ccccc2)c1. The highest BCUT2D eigenvalue weighted by molar-refractivity contribution is 6.99. The number of rotatable bonds is 8. The van der Waals surface area contributed by atoms with Crippen LogP contribution in [0.25, 0.3) is 78.5 Å². The Morgan fingerprint density at radius 2 is 0.667 bits per heavy atom. The van der Waals surface area contributed by atoms with Crippen molar-refractivity contribution >= 4 is 68.3 Å². The van der Waals surface area contributed by atoms with E-state index in [0.717, 1.165) is 111 Å². The minimum atomic E-state index is -0.325. The summed E-state index contributed by atoms with van der Waals surface area (Å²) in [6, 6.07) is 89.2. The van der Waals surface area contributed by atoms with Crippen LogP contribution >= 0.6 is 0 Å². The molecule has 0 atom stereocenters. The number of imidazole rings is 2. The van der Waals surface area contributed by atoms with Crippen LogP contribution in [0.2, 0.25) is 0 Å². The van der Waals surface area contributed by atoms with Crippen molar-refractivity contribution < 1.29 is 23.7 Å². The molecule has 0 amide bonds. The number of hydrogen-bond donors (Lipinski definition) is 0. The number of aromatic nitrogens is 4. The van der Waals surface area contributed by atoms with Gasteiger partial charge < -0.3 is 23.7 Å². The van der Waals surface area contributed by atoms with Gasteiger partial charge in [0.15, 0.2) is 23.0 Å². The first-order chi connectivity index (χ1) is 45.4. The van der Waals surface area contributed by atoms with E-state index >= 15 is 0 Å². The molecule has 0 aliphatic carbocycles. The number of nitrogens with zero attached hydrogens (tertiary/aromatic N) is 4. The van der Waals surface area contributed by atoms with Crippen molar-refractivity contribution in [2.24, 2.45) is 0 Å². The highest BCUT2D eigenvalue weighted by Gasteiger charge is 2.47. The molecule has 18 rings (SSSR count). The molecule has 14 aromatic rings. The number of ether oxygens (including phenoxy) is 5. The van der Waals surface area contributed by atoms with Gasteiger partial charge in [-0.3, -0.25) is 9.13 Å². The zero-order chi connectivity index (χ0) is 62.4. The highest BCUT2D eigenvalue weighted by atomic mass is 16.5. The molecule has 6 heterocycles. The second-order valence-electron chi connectivity index (χ2n) is 26.7. The van der Waals surface area contributed by atoms with Crippen LogP contribution in [0.1, 0.15) is 52.7 Å². The first kappa shape index (κ1) is 54.6. The number of fused-ring (bicyclic) bond motifs is 10. The van der Waals surface area contributed by atoms with Crippen molar-refractivity contribution in [1.82, 2.24) is 19.1 Å². The fraction of sp³-hybridized carbons (Fsp3) is 0.0976. The summed E-state index contributed by atoms with van der Waals surface area (Å²) >= 11 is 0. The Balaban J connectivity index is 0.938. The van der Waals surface area contributed by atoms with E-state index in [4.69, 9.17) is 33.7 Å². The Morgan fingerprint density at radius 3 is 1.04 bits per heavy atom. The topological polar surface area (TPSA) is 81.8 Å². The van der Waals surface area contributed by atoms with Crippen LogP contribution < -0.4 is 56.5 Å². The number of hydrogen-bond acceptors (Lipinski definition) is 7. The van der Waals surface area contributed by atoms with Gasteiger partial charge in [0, 0.05) is 22.1 Å². The summed E-state index contributed by atoms with van der Waals surface area (Å²) in [6.07, 6.45) is 0. The predicted molar refractivity (Wildman–Crippen MR) is 377 cm³/mol. The van der Waals surface area contributed by atoms with E-state index in [1.165, 1.54) is 11.1 Å². The number of para-hydroxylation sites is 8. The van der Waals surface area contributed by atoms with Gasteiger partial charge in [-0.1, -0.05) is 211 Å². The Hall–Kier alpha value is -11.3. The molecule has 2 aromatic heterocycles. The van der Waals surface area contributed by atoms with Gasteiger partial charge in [0.05, 0.1) is 44.6 Å². The molecule has 0 saturated heterocycles. The average molecular weight is 1200 g/mol. The molecule has 4 aliphatic rings. The quantitative estimate of drug-likeness (QED) is 0.140. The van der Waals surface area contributed by atoms with E-state index in [-0.39, 0.29) is 24.3 Å². The molecule has 0 unspecified atom stereocenters. The summed E-state index contributed by atoms with van der Waals surface area (Å²) < 4.78 is 42.1. The largest absolute Gasteiger partial charge is 0.458 e. The van der Waals surface area contributed by atoms with Crippen LogP contribution in [0.3, 0.4) is 0 Å². The first-order valence-corrected chi connectivity index (χ1v) is 31.9. The van der Waals surface area contributed by atoms with Crippen LogP contribution in [0.4, 0.5) is 0 Å². The lowest BCUT2D eigenvalue weighted by molar-refractivity contribution is 0.392. The van der Waals surface area contributed by atoms with E-state index in [1.54, 1.807) is 0 Å². The summed E-state index contributed by atoms with van der Waals surface area (Å²) in [6.45, 7) is 12.9. The van der Waals surface area contributed by atoms with Gasteiger partial charge in [0.25, 0.3) is 13.4 Å². The second-order valence-corrected chi connectivity index (χ2v) is 26.7. The third-order valence-corrected chi connectivity index (χ3v) is 19.0. The molecule has 0 radical (unpaired) electrons. The lowest BCUT2D eigenvalue weighted by Gasteiger charge is -2.36. The lowest BCUT2D eigenvalue weighted by Crippen LogP contribution is -2.57. The standard InChI is InChI=1S/C82H60B2N4O5/c1-81(2,3)51-41-43-63(53(45-51)49-25-9-7-10-26-49)87-65-35-19-17-33-61(65)85-79(87)55-47-71(77-73-75(55)90-67-37-21-13-29-57(67)83(73)59-31-15-23-39-69(59)92-77)89-72-48-56(76-74-78(72)93-70-40-24-16-32-60(70)84(74)58-30-14-22-38-68(58)91-76)80-86-62-34-18-20-36-66(62)88(80)64-44-42-52(82(4,5)6)46-54(64)50-27-11-8-12-28-50/h7-48H,1-6H3. The van der Waals surface area contributed by atoms with Crippen LogP contribution in [0.15, 0.2) is 255 Å². The van der Waals surface area contributed by atoms with Crippen molar-refractivity contribution in [3.63, 3.8) is 0 Å². The molecule has 0 bridgehead atoms.